The number of hydrogen-bond acceptors (Lipinski definition) is 7. The zero-order valence-corrected chi connectivity index (χ0v) is 25.1. The van der Waals surface area contributed by atoms with E-state index < -0.39 is 12.4 Å². The van der Waals surface area contributed by atoms with Crippen molar-refractivity contribution < 1.29 is 29.6 Å². The van der Waals surface area contributed by atoms with Crippen molar-refractivity contribution in [3.05, 3.63) is 125 Å². The average molecular weight is 597 g/mol. The molecule has 1 aliphatic heterocycles. The number of phenolic OH excluding ortho intramolecular Hbond substituents is 1. The second-order valence-corrected chi connectivity index (χ2v) is 11.4. The van der Waals surface area contributed by atoms with Gasteiger partial charge in [-0.25, -0.2) is 0 Å². The van der Waals surface area contributed by atoms with Crippen LogP contribution in [0, 0.1) is 0 Å². The van der Waals surface area contributed by atoms with Crippen molar-refractivity contribution in [3.8, 4) is 16.9 Å². The van der Waals surface area contributed by atoms with Gasteiger partial charge in [0.15, 0.2) is 6.29 Å². The maximum atomic E-state index is 11.5. The zero-order chi connectivity index (χ0) is 31.1. The summed E-state index contributed by atoms with van der Waals surface area (Å²) in [6.45, 7) is 2.88. The van der Waals surface area contributed by atoms with E-state index in [1.807, 2.05) is 84.7 Å². The molecule has 0 unspecified atom stereocenters. The molecule has 0 aliphatic carbocycles. The van der Waals surface area contributed by atoms with Crippen LogP contribution in [0.2, 0.25) is 0 Å². The Kier molecular flexibility index (Phi) is 10.4. The number of hydrogen-bond donors (Lipinski definition) is 4. The third kappa shape index (κ3) is 8.11. The van der Waals surface area contributed by atoms with Crippen LogP contribution in [-0.4, -0.2) is 52.4 Å². The van der Waals surface area contributed by atoms with Crippen molar-refractivity contribution in [2.75, 3.05) is 20.1 Å². The van der Waals surface area contributed by atoms with E-state index in [-0.39, 0.29) is 30.5 Å². The molecular formula is C36H40N2O6. The first kappa shape index (κ1) is 31.4. The number of benzene rings is 4. The number of rotatable bonds is 11. The molecule has 1 aliphatic rings. The predicted octanol–water partition coefficient (Wildman–Crippen LogP) is 5.40. The minimum atomic E-state index is -0.759. The van der Waals surface area contributed by atoms with Crippen molar-refractivity contribution in [3.63, 3.8) is 0 Å². The summed E-state index contributed by atoms with van der Waals surface area (Å²) in [6, 6.07) is 30.6. The molecular weight excluding hydrogens is 556 g/mol. The molecule has 4 N–H and O–H groups in total. The molecule has 5 rings (SSSR count). The first-order chi connectivity index (χ1) is 21.3. The minimum Gasteiger partial charge on any atom is -0.508 e. The van der Waals surface area contributed by atoms with Gasteiger partial charge in [0, 0.05) is 38.5 Å². The van der Waals surface area contributed by atoms with E-state index in [1.54, 1.807) is 24.3 Å². The standard InChI is InChI=1S/C36H40N2O6/c1-24(40)37-20-30-6-3-4-9-33(30)26-14-16-28(17-15-26)36-43-32(19-35(44-36)27-12-10-25(23-39)11-13-27)21-38(2)22-34(42)29-7-5-8-31(41)18-29/h3-18,32,34-36,39,41-42H,19-23H2,1-2H3,(H,37,40)/t32-,34-,35+,36+/m1/s1. The number of likely N-dealkylation sites (N-methyl/N-ethyl adjacent to an activating group) is 1. The summed E-state index contributed by atoms with van der Waals surface area (Å²) in [4.78, 5) is 13.5. The fourth-order valence-corrected chi connectivity index (χ4v) is 5.58. The number of nitrogens with zero attached hydrogens (tertiary/aromatic N) is 1. The van der Waals surface area contributed by atoms with E-state index in [9.17, 15) is 20.1 Å². The van der Waals surface area contributed by atoms with Crippen LogP contribution in [0.25, 0.3) is 11.1 Å². The molecule has 0 radical (unpaired) electrons. The summed E-state index contributed by atoms with van der Waals surface area (Å²) in [5.41, 5.74) is 6.49. The number of phenols is 1. The fraction of sp³-hybridized carbons (Fsp3) is 0.306. The number of nitrogens with one attached hydrogen (secondary N) is 1. The molecule has 0 aromatic heterocycles. The van der Waals surface area contributed by atoms with E-state index in [0.717, 1.165) is 33.4 Å². The number of ether oxygens (including phenoxy) is 2. The summed E-state index contributed by atoms with van der Waals surface area (Å²) >= 11 is 0. The van der Waals surface area contributed by atoms with Crippen molar-refractivity contribution >= 4 is 5.91 Å². The van der Waals surface area contributed by atoms with E-state index in [1.165, 1.54) is 6.92 Å². The van der Waals surface area contributed by atoms with Gasteiger partial charge in [-0.3, -0.25) is 4.79 Å². The molecule has 1 amide bonds. The highest BCUT2D eigenvalue weighted by Gasteiger charge is 2.33. The lowest BCUT2D eigenvalue weighted by molar-refractivity contribution is -0.252. The number of carbonyl (C=O) groups is 1. The summed E-state index contributed by atoms with van der Waals surface area (Å²) in [7, 11) is 1.94. The molecule has 4 atom stereocenters. The van der Waals surface area contributed by atoms with Gasteiger partial charge in [0.05, 0.1) is 24.9 Å². The Balaban J connectivity index is 1.34. The molecule has 0 saturated carbocycles. The SMILES string of the molecule is CC(=O)NCc1ccccc1-c1ccc([C@H]2O[C@@H](CN(C)C[C@@H](O)c3cccc(O)c3)C[C@@H](c3ccc(CO)cc3)O2)cc1. The van der Waals surface area contributed by atoms with Crippen LogP contribution in [-0.2, 0) is 27.4 Å². The van der Waals surface area contributed by atoms with E-state index in [4.69, 9.17) is 9.47 Å². The highest BCUT2D eigenvalue weighted by atomic mass is 16.7. The zero-order valence-electron chi connectivity index (χ0n) is 25.1. The Labute approximate surface area is 258 Å². The highest BCUT2D eigenvalue weighted by Crippen LogP contribution is 2.39. The third-order valence-corrected chi connectivity index (χ3v) is 7.91. The van der Waals surface area contributed by atoms with Gasteiger partial charge in [-0.1, -0.05) is 84.9 Å². The van der Waals surface area contributed by atoms with Gasteiger partial charge < -0.3 is 35.0 Å². The average Bonchev–Trinajstić information content (AvgIpc) is 3.04. The second-order valence-electron chi connectivity index (χ2n) is 11.4. The molecule has 230 valence electrons. The van der Waals surface area contributed by atoms with Crippen molar-refractivity contribution in [1.82, 2.24) is 10.2 Å². The van der Waals surface area contributed by atoms with E-state index in [2.05, 4.69) is 5.32 Å². The first-order valence-corrected chi connectivity index (χ1v) is 14.9. The van der Waals surface area contributed by atoms with Crippen LogP contribution in [0.4, 0.5) is 0 Å². The van der Waals surface area contributed by atoms with Crippen LogP contribution in [0.15, 0.2) is 97.1 Å². The normalized spacial score (nSPS) is 19.1. The summed E-state index contributed by atoms with van der Waals surface area (Å²) < 4.78 is 13.0. The minimum absolute atomic E-state index is 0.0211. The van der Waals surface area contributed by atoms with Crippen LogP contribution in [0.5, 0.6) is 5.75 Å². The van der Waals surface area contributed by atoms with E-state index >= 15 is 0 Å². The van der Waals surface area contributed by atoms with Gasteiger partial charge in [0.2, 0.25) is 5.91 Å². The van der Waals surface area contributed by atoms with Crippen molar-refractivity contribution in [2.24, 2.45) is 0 Å². The molecule has 8 heteroatoms. The Morgan fingerprint density at radius 2 is 1.68 bits per heavy atom. The molecule has 4 aromatic carbocycles. The molecule has 0 bridgehead atoms. The lowest BCUT2D eigenvalue weighted by atomic mass is 9.97. The van der Waals surface area contributed by atoms with Crippen LogP contribution < -0.4 is 5.32 Å². The monoisotopic (exact) mass is 596 g/mol. The molecule has 1 saturated heterocycles. The molecule has 1 heterocycles. The van der Waals surface area contributed by atoms with Gasteiger partial charge in [0.1, 0.15) is 5.75 Å². The Bertz CT molecular complexity index is 1520. The van der Waals surface area contributed by atoms with E-state index in [0.29, 0.717) is 31.6 Å². The second kappa shape index (κ2) is 14.6. The van der Waals surface area contributed by atoms with Crippen LogP contribution in [0.3, 0.4) is 0 Å². The Morgan fingerprint density at radius 1 is 0.955 bits per heavy atom. The maximum Gasteiger partial charge on any atom is 0.217 e. The molecule has 4 aromatic rings. The molecule has 0 spiro atoms. The Hall–Kier alpha value is -4.05. The van der Waals surface area contributed by atoms with Gasteiger partial charge >= 0.3 is 0 Å². The summed E-state index contributed by atoms with van der Waals surface area (Å²) in [5, 5.41) is 33.0. The number of aromatic hydroxyl groups is 1. The maximum absolute atomic E-state index is 11.5. The van der Waals surface area contributed by atoms with Crippen molar-refractivity contribution in [1.29, 1.82) is 0 Å². The van der Waals surface area contributed by atoms with Gasteiger partial charge in [-0.15, -0.1) is 0 Å². The quantitative estimate of drug-likeness (QED) is 0.184. The summed E-state index contributed by atoms with van der Waals surface area (Å²) in [5.74, 6) is 0.0495. The van der Waals surface area contributed by atoms with Gasteiger partial charge in [-0.05, 0) is 52.6 Å². The fourth-order valence-electron chi connectivity index (χ4n) is 5.58. The lowest BCUT2D eigenvalue weighted by Gasteiger charge is -2.38. The third-order valence-electron chi connectivity index (χ3n) is 7.91. The molecule has 44 heavy (non-hydrogen) atoms. The van der Waals surface area contributed by atoms with Gasteiger partial charge in [-0.2, -0.15) is 0 Å². The number of aliphatic hydroxyl groups excluding tert-OH is 2. The van der Waals surface area contributed by atoms with Crippen LogP contribution in [0.1, 0.15) is 59.7 Å². The first-order valence-electron chi connectivity index (χ1n) is 14.9. The van der Waals surface area contributed by atoms with Gasteiger partial charge in [0.25, 0.3) is 0 Å². The number of carbonyl (C=O) groups excluding carboxylic acids is 1. The predicted molar refractivity (Wildman–Crippen MR) is 168 cm³/mol. The highest BCUT2D eigenvalue weighted by molar-refractivity contribution is 5.74. The summed E-state index contributed by atoms with van der Waals surface area (Å²) in [6.07, 6.45) is -1.16. The topological polar surface area (TPSA) is 111 Å². The van der Waals surface area contributed by atoms with Crippen molar-refractivity contribution in [2.45, 2.75) is 51.1 Å². The largest absolute Gasteiger partial charge is 0.508 e. The lowest BCUT2D eigenvalue weighted by Crippen LogP contribution is -2.39. The number of amides is 1. The van der Waals surface area contributed by atoms with Crippen LogP contribution >= 0.6 is 0 Å². The smallest absolute Gasteiger partial charge is 0.217 e. The molecule has 8 nitrogen and oxygen atoms in total. The number of aliphatic hydroxyl groups is 2. The Morgan fingerprint density at radius 3 is 2.39 bits per heavy atom. The molecule has 1 fully saturated rings.